The van der Waals surface area contributed by atoms with E-state index in [1.165, 1.54) is 17.3 Å². The topological polar surface area (TPSA) is 71.3 Å². The fourth-order valence-electron chi connectivity index (χ4n) is 2.95. The number of benzene rings is 1. The Morgan fingerprint density at radius 1 is 1.12 bits per heavy atom. The van der Waals surface area contributed by atoms with Crippen LogP contribution in [0.2, 0.25) is 0 Å². The van der Waals surface area contributed by atoms with E-state index in [0.29, 0.717) is 31.1 Å². The first-order valence-electron chi connectivity index (χ1n) is 8.24. The van der Waals surface area contributed by atoms with Crippen molar-refractivity contribution < 1.29 is 9.21 Å². The molecule has 0 saturated carbocycles. The van der Waals surface area contributed by atoms with Crippen LogP contribution in [0.4, 0.5) is 5.82 Å². The molecule has 4 rings (SSSR count). The van der Waals surface area contributed by atoms with Crippen LogP contribution in [0, 0.1) is 0 Å². The number of fused-ring (bicyclic) bond motifs is 1. The Hall–Kier alpha value is -3.15. The number of anilines is 1. The van der Waals surface area contributed by atoms with Crippen molar-refractivity contribution in [3.05, 3.63) is 77.6 Å². The molecule has 1 N–H and O–H groups in total. The number of amides is 1. The lowest BCUT2D eigenvalue weighted by molar-refractivity contribution is 0.0728. The molecular formula is C19H18N4O2. The lowest BCUT2D eigenvalue weighted by atomic mass is 10.00. The first-order chi connectivity index (χ1) is 12.3. The van der Waals surface area contributed by atoms with E-state index in [1.54, 1.807) is 12.5 Å². The Morgan fingerprint density at radius 2 is 2.00 bits per heavy atom. The zero-order valence-electron chi connectivity index (χ0n) is 13.7. The van der Waals surface area contributed by atoms with Crippen LogP contribution in [0.1, 0.15) is 27.4 Å². The molecule has 0 saturated heterocycles. The lowest BCUT2D eigenvalue weighted by Gasteiger charge is -2.28. The molecule has 0 atom stereocenters. The molecule has 3 aromatic rings. The highest BCUT2D eigenvalue weighted by Gasteiger charge is 2.22. The zero-order valence-corrected chi connectivity index (χ0v) is 13.7. The number of furan rings is 1. The van der Waals surface area contributed by atoms with Crippen LogP contribution < -0.4 is 5.32 Å². The molecule has 1 aliphatic rings. The maximum atomic E-state index is 12.7. The summed E-state index contributed by atoms with van der Waals surface area (Å²) < 4.78 is 5.25. The number of carbonyl (C=O) groups is 1. The molecule has 6 heteroatoms. The highest BCUT2D eigenvalue weighted by Crippen LogP contribution is 2.19. The van der Waals surface area contributed by atoms with Gasteiger partial charge in [0.05, 0.1) is 25.2 Å². The summed E-state index contributed by atoms with van der Waals surface area (Å²) in [5.41, 5.74) is 2.88. The Kier molecular flexibility index (Phi) is 4.16. The van der Waals surface area contributed by atoms with E-state index >= 15 is 0 Å². The first kappa shape index (κ1) is 15.4. The van der Waals surface area contributed by atoms with E-state index in [2.05, 4.69) is 27.4 Å². The molecule has 3 heterocycles. The fourth-order valence-corrected chi connectivity index (χ4v) is 2.95. The second-order valence-electron chi connectivity index (χ2n) is 5.97. The summed E-state index contributed by atoms with van der Waals surface area (Å²) >= 11 is 0. The molecule has 0 spiro atoms. The van der Waals surface area contributed by atoms with Crippen molar-refractivity contribution in [2.45, 2.75) is 19.5 Å². The van der Waals surface area contributed by atoms with Crippen molar-refractivity contribution in [2.24, 2.45) is 0 Å². The Morgan fingerprint density at radius 3 is 2.76 bits per heavy atom. The summed E-state index contributed by atoms with van der Waals surface area (Å²) in [5.74, 6) is 1.34. The summed E-state index contributed by atoms with van der Waals surface area (Å²) in [7, 11) is 0. The van der Waals surface area contributed by atoms with Gasteiger partial charge >= 0.3 is 0 Å². The minimum absolute atomic E-state index is 0.0837. The fraction of sp³-hybridized carbons (Fsp3) is 0.211. The molecule has 25 heavy (non-hydrogen) atoms. The molecule has 1 amide bonds. The van der Waals surface area contributed by atoms with Crippen molar-refractivity contribution in [3.8, 4) is 0 Å². The van der Waals surface area contributed by atoms with E-state index < -0.39 is 0 Å². The lowest BCUT2D eigenvalue weighted by Crippen LogP contribution is -2.36. The Labute approximate surface area is 145 Å². The predicted molar refractivity (Wildman–Crippen MR) is 93.0 cm³/mol. The van der Waals surface area contributed by atoms with Gasteiger partial charge in [-0.3, -0.25) is 4.79 Å². The molecular weight excluding hydrogens is 316 g/mol. The minimum Gasteiger partial charge on any atom is -0.467 e. The van der Waals surface area contributed by atoms with E-state index in [-0.39, 0.29) is 5.91 Å². The average Bonchev–Trinajstić information content (AvgIpc) is 3.19. The van der Waals surface area contributed by atoms with Gasteiger partial charge in [0.2, 0.25) is 0 Å². The third-order valence-electron chi connectivity index (χ3n) is 4.31. The second kappa shape index (κ2) is 6.76. The van der Waals surface area contributed by atoms with E-state index in [9.17, 15) is 4.79 Å². The Bertz CT molecular complexity index is 859. The second-order valence-corrected chi connectivity index (χ2v) is 5.97. The third-order valence-corrected chi connectivity index (χ3v) is 4.31. The highest BCUT2D eigenvalue weighted by molar-refractivity contribution is 5.92. The number of hydrogen-bond donors (Lipinski definition) is 1. The van der Waals surface area contributed by atoms with Crippen LogP contribution in [-0.4, -0.2) is 27.3 Å². The van der Waals surface area contributed by atoms with Gasteiger partial charge in [0.15, 0.2) is 0 Å². The standard InChI is InChI=1S/C19H18N4O2/c24-19(23-8-7-14-4-1-2-5-15(14)13-23)17-11-22-18(12-20-17)21-10-16-6-3-9-25-16/h1-6,9,11-12H,7-8,10,13H2,(H,21,22). The van der Waals surface area contributed by atoms with Crippen molar-refractivity contribution >= 4 is 11.7 Å². The van der Waals surface area contributed by atoms with E-state index in [0.717, 1.165) is 12.2 Å². The van der Waals surface area contributed by atoms with Crippen molar-refractivity contribution in [3.63, 3.8) is 0 Å². The van der Waals surface area contributed by atoms with Gasteiger partial charge in [-0.1, -0.05) is 24.3 Å². The monoisotopic (exact) mass is 334 g/mol. The van der Waals surface area contributed by atoms with Gasteiger partial charge in [0.1, 0.15) is 17.3 Å². The molecule has 6 nitrogen and oxygen atoms in total. The number of carbonyl (C=O) groups excluding carboxylic acids is 1. The number of nitrogens with one attached hydrogen (secondary N) is 1. The van der Waals surface area contributed by atoms with Crippen LogP contribution in [0.3, 0.4) is 0 Å². The molecule has 126 valence electrons. The van der Waals surface area contributed by atoms with Gasteiger partial charge < -0.3 is 14.6 Å². The summed E-state index contributed by atoms with van der Waals surface area (Å²) in [6.07, 6.45) is 5.60. The number of rotatable bonds is 4. The first-order valence-corrected chi connectivity index (χ1v) is 8.24. The molecule has 0 radical (unpaired) electrons. The number of hydrogen-bond acceptors (Lipinski definition) is 5. The SMILES string of the molecule is O=C(c1cnc(NCc2ccco2)cn1)N1CCc2ccccc2C1. The van der Waals surface area contributed by atoms with Gasteiger partial charge in [0, 0.05) is 13.1 Å². The van der Waals surface area contributed by atoms with E-state index in [1.807, 2.05) is 29.2 Å². The van der Waals surface area contributed by atoms with Crippen LogP contribution in [-0.2, 0) is 19.5 Å². The summed E-state index contributed by atoms with van der Waals surface area (Å²) in [4.78, 5) is 23.0. The highest BCUT2D eigenvalue weighted by atomic mass is 16.3. The number of nitrogens with zero attached hydrogens (tertiary/aromatic N) is 3. The predicted octanol–water partition coefficient (Wildman–Crippen LogP) is 2.88. The van der Waals surface area contributed by atoms with E-state index in [4.69, 9.17) is 4.42 Å². The van der Waals surface area contributed by atoms with Gasteiger partial charge in [0.25, 0.3) is 5.91 Å². The molecule has 0 bridgehead atoms. The summed E-state index contributed by atoms with van der Waals surface area (Å²) in [5, 5.41) is 3.11. The molecule has 2 aromatic heterocycles. The molecule has 0 unspecified atom stereocenters. The molecule has 0 aliphatic carbocycles. The van der Waals surface area contributed by atoms with Crippen LogP contribution >= 0.6 is 0 Å². The van der Waals surface area contributed by atoms with Crippen molar-refractivity contribution in [1.29, 1.82) is 0 Å². The van der Waals surface area contributed by atoms with Crippen molar-refractivity contribution in [1.82, 2.24) is 14.9 Å². The van der Waals surface area contributed by atoms with Crippen LogP contribution in [0.5, 0.6) is 0 Å². The normalized spacial score (nSPS) is 13.4. The van der Waals surface area contributed by atoms with Crippen molar-refractivity contribution in [2.75, 3.05) is 11.9 Å². The quantitative estimate of drug-likeness (QED) is 0.794. The van der Waals surface area contributed by atoms with Gasteiger partial charge in [-0.15, -0.1) is 0 Å². The van der Waals surface area contributed by atoms with Gasteiger partial charge in [-0.05, 0) is 29.7 Å². The maximum Gasteiger partial charge on any atom is 0.274 e. The van der Waals surface area contributed by atoms with Crippen LogP contribution in [0.15, 0.2) is 59.5 Å². The average molecular weight is 334 g/mol. The molecule has 1 aliphatic heterocycles. The zero-order chi connectivity index (χ0) is 17.1. The molecule has 1 aromatic carbocycles. The smallest absolute Gasteiger partial charge is 0.274 e. The van der Waals surface area contributed by atoms with Gasteiger partial charge in [-0.25, -0.2) is 9.97 Å². The van der Waals surface area contributed by atoms with Gasteiger partial charge in [-0.2, -0.15) is 0 Å². The minimum atomic E-state index is -0.0837. The summed E-state index contributed by atoms with van der Waals surface area (Å²) in [6.45, 7) is 1.85. The maximum absolute atomic E-state index is 12.7. The number of aromatic nitrogens is 2. The van der Waals surface area contributed by atoms with Crippen LogP contribution in [0.25, 0.3) is 0 Å². The molecule has 0 fully saturated rings. The largest absolute Gasteiger partial charge is 0.467 e. The Balaban J connectivity index is 1.41. The third kappa shape index (κ3) is 3.38. The summed E-state index contributed by atoms with van der Waals surface area (Å²) in [6, 6.07) is 12.0.